The molecule has 0 bridgehead atoms. The third-order valence-electron chi connectivity index (χ3n) is 2.65. The van der Waals surface area contributed by atoms with Crippen LogP contribution in [0, 0.1) is 6.92 Å². The van der Waals surface area contributed by atoms with Crippen LogP contribution in [0.3, 0.4) is 0 Å². The molecular weight excluding hydrogens is 212 g/mol. The van der Waals surface area contributed by atoms with E-state index < -0.39 is 0 Å². The Morgan fingerprint density at radius 2 is 1.94 bits per heavy atom. The number of nitrogens with two attached hydrogens (primary N) is 1. The van der Waals surface area contributed by atoms with Gasteiger partial charge in [-0.3, -0.25) is 0 Å². The summed E-state index contributed by atoms with van der Waals surface area (Å²) in [5.41, 5.74) is 6.48. The maximum atomic E-state index is 5.45. The van der Waals surface area contributed by atoms with Crippen molar-refractivity contribution in [2.24, 2.45) is 5.73 Å². The van der Waals surface area contributed by atoms with E-state index in [1.54, 1.807) is 0 Å². The predicted octanol–water partition coefficient (Wildman–Crippen LogP) is 2.28. The Balaban J connectivity index is 2.28. The molecule has 0 aliphatic rings. The topological polar surface area (TPSA) is 63.8 Å². The number of hydrogen-bond donors (Lipinski definition) is 2. The average Bonchev–Trinajstić information content (AvgIpc) is 2.33. The fourth-order valence-electron chi connectivity index (χ4n) is 1.72. The van der Waals surface area contributed by atoms with Gasteiger partial charge in [-0.15, -0.1) is 0 Å². The maximum absolute atomic E-state index is 5.45. The van der Waals surface area contributed by atoms with Gasteiger partial charge in [-0.1, -0.05) is 19.8 Å². The first-order valence-corrected chi connectivity index (χ1v) is 6.54. The van der Waals surface area contributed by atoms with Gasteiger partial charge in [0.05, 0.1) is 0 Å². The van der Waals surface area contributed by atoms with E-state index in [2.05, 4.69) is 22.2 Å². The van der Waals surface area contributed by atoms with E-state index in [-0.39, 0.29) is 0 Å². The molecule has 1 rings (SSSR count). The molecule has 3 N–H and O–H groups in total. The molecule has 4 nitrogen and oxygen atoms in total. The van der Waals surface area contributed by atoms with Gasteiger partial charge < -0.3 is 11.1 Å². The van der Waals surface area contributed by atoms with Crippen molar-refractivity contribution >= 4 is 5.82 Å². The van der Waals surface area contributed by atoms with Crippen LogP contribution in [-0.4, -0.2) is 23.1 Å². The van der Waals surface area contributed by atoms with Crippen LogP contribution in [-0.2, 0) is 6.42 Å². The van der Waals surface area contributed by atoms with Crippen molar-refractivity contribution in [2.75, 3.05) is 18.4 Å². The third kappa shape index (κ3) is 5.63. The van der Waals surface area contributed by atoms with Crippen LogP contribution in [0.5, 0.6) is 0 Å². The standard InChI is InChI=1S/C13H24N4/c1-3-12-16-11(2)10-13(17-12)15-9-7-5-4-6-8-14/h10H,3-9,14H2,1-2H3,(H,15,16,17). The third-order valence-corrected chi connectivity index (χ3v) is 2.65. The normalized spacial score (nSPS) is 10.5. The molecule has 0 atom stereocenters. The summed E-state index contributed by atoms with van der Waals surface area (Å²) in [5.74, 6) is 1.86. The van der Waals surface area contributed by atoms with Crippen molar-refractivity contribution in [3.8, 4) is 0 Å². The smallest absolute Gasteiger partial charge is 0.130 e. The van der Waals surface area contributed by atoms with Gasteiger partial charge in [0.25, 0.3) is 0 Å². The van der Waals surface area contributed by atoms with Crippen LogP contribution in [0.1, 0.15) is 44.1 Å². The van der Waals surface area contributed by atoms with Crippen LogP contribution in [0.15, 0.2) is 6.07 Å². The Morgan fingerprint density at radius 1 is 1.18 bits per heavy atom. The molecule has 0 aliphatic carbocycles. The summed E-state index contributed by atoms with van der Waals surface area (Å²) in [6, 6.07) is 2.00. The lowest BCUT2D eigenvalue weighted by atomic mass is 10.2. The van der Waals surface area contributed by atoms with E-state index in [1.165, 1.54) is 19.3 Å². The van der Waals surface area contributed by atoms with Crippen LogP contribution in [0.2, 0.25) is 0 Å². The van der Waals surface area contributed by atoms with E-state index >= 15 is 0 Å². The Bertz CT molecular complexity index is 325. The van der Waals surface area contributed by atoms with E-state index in [4.69, 9.17) is 5.73 Å². The number of nitrogens with zero attached hydrogens (tertiary/aromatic N) is 2. The maximum Gasteiger partial charge on any atom is 0.130 e. The number of rotatable bonds is 8. The quantitative estimate of drug-likeness (QED) is 0.680. The fourth-order valence-corrected chi connectivity index (χ4v) is 1.72. The summed E-state index contributed by atoms with van der Waals surface area (Å²) < 4.78 is 0. The molecule has 0 unspecified atom stereocenters. The lowest BCUT2D eigenvalue weighted by Crippen LogP contribution is -2.07. The minimum Gasteiger partial charge on any atom is -0.370 e. The Hall–Kier alpha value is -1.16. The van der Waals surface area contributed by atoms with Crippen molar-refractivity contribution in [3.63, 3.8) is 0 Å². The molecule has 0 amide bonds. The summed E-state index contributed by atoms with van der Waals surface area (Å²) in [4.78, 5) is 8.80. The number of hydrogen-bond acceptors (Lipinski definition) is 4. The molecule has 1 heterocycles. The minimum absolute atomic E-state index is 0.804. The second-order valence-corrected chi connectivity index (χ2v) is 4.29. The van der Waals surface area contributed by atoms with Crippen molar-refractivity contribution in [2.45, 2.75) is 46.0 Å². The number of nitrogens with one attached hydrogen (secondary N) is 1. The van der Waals surface area contributed by atoms with Crippen molar-refractivity contribution < 1.29 is 0 Å². The van der Waals surface area contributed by atoms with Crippen LogP contribution >= 0.6 is 0 Å². The van der Waals surface area contributed by atoms with Gasteiger partial charge in [0, 0.05) is 24.7 Å². The highest BCUT2D eigenvalue weighted by atomic mass is 15.0. The molecule has 0 aromatic carbocycles. The van der Waals surface area contributed by atoms with Gasteiger partial charge >= 0.3 is 0 Å². The van der Waals surface area contributed by atoms with E-state index in [1.807, 2.05) is 13.0 Å². The number of aryl methyl sites for hydroxylation is 2. The summed E-state index contributed by atoms with van der Waals surface area (Å²) in [5, 5.41) is 3.35. The molecule has 0 radical (unpaired) electrons. The lowest BCUT2D eigenvalue weighted by molar-refractivity contribution is 0.660. The fraction of sp³-hybridized carbons (Fsp3) is 0.692. The van der Waals surface area contributed by atoms with Gasteiger partial charge in [0.2, 0.25) is 0 Å². The van der Waals surface area contributed by atoms with E-state index in [0.29, 0.717) is 0 Å². The highest BCUT2D eigenvalue weighted by Crippen LogP contribution is 2.07. The highest BCUT2D eigenvalue weighted by molar-refractivity contribution is 5.35. The number of aromatic nitrogens is 2. The van der Waals surface area contributed by atoms with Crippen molar-refractivity contribution in [1.82, 2.24) is 9.97 Å². The second kappa shape index (κ2) is 8.01. The van der Waals surface area contributed by atoms with Crippen LogP contribution in [0.4, 0.5) is 5.82 Å². The van der Waals surface area contributed by atoms with Gasteiger partial charge in [-0.25, -0.2) is 9.97 Å². The lowest BCUT2D eigenvalue weighted by Gasteiger charge is -2.07. The molecule has 1 aromatic heterocycles. The summed E-state index contributed by atoms with van der Waals surface area (Å²) in [6.45, 7) is 5.86. The molecular formula is C13H24N4. The first-order chi connectivity index (χ1) is 8.26. The SMILES string of the molecule is CCc1nc(C)cc(NCCCCCCN)n1. The first kappa shape index (κ1) is 13.9. The molecule has 4 heteroatoms. The molecule has 96 valence electrons. The monoisotopic (exact) mass is 236 g/mol. The molecule has 1 aromatic rings. The zero-order valence-electron chi connectivity index (χ0n) is 11.0. The minimum atomic E-state index is 0.804. The zero-order chi connectivity index (χ0) is 12.5. The molecule has 0 saturated carbocycles. The summed E-state index contributed by atoms with van der Waals surface area (Å²) in [7, 11) is 0. The van der Waals surface area contributed by atoms with Gasteiger partial charge in [-0.05, 0) is 26.3 Å². The van der Waals surface area contributed by atoms with E-state index in [9.17, 15) is 0 Å². The van der Waals surface area contributed by atoms with Crippen molar-refractivity contribution in [3.05, 3.63) is 17.6 Å². The second-order valence-electron chi connectivity index (χ2n) is 4.29. The van der Waals surface area contributed by atoms with Gasteiger partial charge in [-0.2, -0.15) is 0 Å². The summed E-state index contributed by atoms with van der Waals surface area (Å²) >= 11 is 0. The first-order valence-electron chi connectivity index (χ1n) is 6.54. The van der Waals surface area contributed by atoms with Crippen LogP contribution < -0.4 is 11.1 Å². The Labute approximate surface area is 104 Å². The molecule has 0 aliphatic heterocycles. The summed E-state index contributed by atoms with van der Waals surface area (Å²) in [6.07, 6.45) is 5.64. The number of unbranched alkanes of at least 4 members (excludes halogenated alkanes) is 3. The largest absolute Gasteiger partial charge is 0.370 e. The van der Waals surface area contributed by atoms with Crippen molar-refractivity contribution in [1.29, 1.82) is 0 Å². The average molecular weight is 236 g/mol. The molecule has 17 heavy (non-hydrogen) atoms. The molecule has 0 spiro atoms. The molecule has 0 fully saturated rings. The number of anilines is 1. The van der Waals surface area contributed by atoms with Gasteiger partial charge in [0.1, 0.15) is 11.6 Å². The van der Waals surface area contributed by atoms with E-state index in [0.717, 1.165) is 43.3 Å². The van der Waals surface area contributed by atoms with Crippen LogP contribution in [0.25, 0.3) is 0 Å². The Morgan fingerprint density at radius 3 is 2.65 bits per heavy atom. The van der Waals surface area contributed by atoms with Gasteiger partial charge in [0.15, 0.2) is 0 Å². The zero-order valence-corrected chi connectivity index (χ0v) is 11.0. The molecule has 0 saturated heterocycles. The Kier molecular flexibility index (Phi) is 6.55. The highest BCUT2D eigenvalue weighted by Gasteiger charge is 1.99. The predicted molar refractivity (Wildman–Crippen MR) is 72.2 cm³/mol.